The molecule has 0 radical (unpaired) electrons. The molecular weight excluding hydrogens is 370 g/mol. The van der Waals surface area contributed by atoms with E-state index in [0.29, 0.717) is 45.4 Å². The summed E-state index contributed by atoms with van der Waals surface area (Å²) >= 11 is 0. The molecule has 8 nitrogen and oxygen atoms in total. The smallest absolute Gasteiger partial charge is 0.346 e. The van der Waals surface area contributed by atoms with Crippen molar-refractivity contribution in [2.75, 3.05) is 13.1 Å². The van der Waals surface area contributed by atoms with Gasteiger partial charge in [-0.1, -0.05) is 35.5 Å². The lowest BCUT2D eigenvalue weighted by atomic mass is 10.1. The fourth-order valence-corrected chi connectivity index (χ4v) is 3.82. The normalized spacial score (nSPS) is 13.9. The maximum absolute atomic E-state index is 12.7. The molecule has 29 heavy (non-hydrogen) atoms. The van der Waals surface area contributed by atoms with Gasteiger partial charge in [-0.05, 0) is 25.8 Å². The van der Waals surface area contributed by atoms with E-state index in [9.17, 15) is 9.59 Å². The van der Waals surface area contributed by atoms with E-state index in [1.165, 1.54) is 4.68 Å². The van der Waals surface area contributed by atoms with Gasteiger partial charge in [-0.3, -0.25) is 9.36 Å². The number of fused-ring (bicyclic) bond motifs is 1. The van der Waals surface area contributed by atoms with Crippen LogP contribution < -0.4 is 5.69 Å². The zero-order valence-electron chi connectivity index (χ0n) is 16.8. The van der Waals surface area contributed by atoms with Gasteiger partial charge in [-0.15, -0.1) is 0 Å². The van der Waals surface area contributed by atoms with Gasteiger partial charge in [0.05, 0.1) is 12.2 Å². The van der Waals surface area contributed by atoms with Crippen molar-refractivity contribution in [1.82, 2.24) is 24.4 Å². The summed E-state index contributed by atoms with van der Waals surface area (Å²) in [6.07, 6.45) is 1.60. The summed E-state index contributed by atoms with van der Waals surface area (Å²) in [5.41, 5.74) is 2.77. The van der Waals surface area contributed by atoms with Crippen molar-refractivity contribution in [2.24, 2.45) is 0 Å². The third kappa shape index (κ3) is 4.01. The number of hydrogen-bond donors (Lipinski definition) is 0. The van der Waals surface area contributed by atoms with Gasteiger partial charge < -0.3 is 9.42 Å². The Morgan fingerprint density at radius 3 is 2.66 bits per heavy atom. The van der Waals surface area contributed by atoms with E-state index >= 15 is 0 Å². The van der Waals surface area contributed by atoms with Crippen LogP contribution in [0.5, 0.6) is 0 Å². The highest BCUT2D eigenvalue weighted by Crippen LogP contribution is 2.15. The molecule has 3 heterocycles. The van der Waals surface area contributed by atoms with E-state index in [1.54, 1.807) is 4.57 Å². The Bertz CT molecular complexity index is 1040. The SMILES string of the molecule is Cc1noc(C)c1CCC(=O)N1CCc2nn(Cc3ccccc3)c(=O)n2CC1. The first-order chi connectivity index (χ1) is 14.0. The molecule has 0 spiro atoms. The van der Waals surface area contributed by atoms with Crippen LogP contribution in [0.15, 0.2) is 39.6 Å². The number of aryl methyl sites for hydroxylation is 2. The largest absolute Gasteiger partial charge is 0.361 e. The lowest BCUT2D eigenvalue weighted by Crippen LogP contribution is -2.35. The Morgan fingerprint density at radius 1 is 1.14 bits per heavy atom. The monoisotopic (exact) mass is 395 g/mol. The van der Waals surface area contributed by atoms with Gasteiger partial charge in [0.25, 0.3) is 0 Å². The van der Waals surface area contributed by atoms with Crippen LogP contribution in [0, 0.1) is 13.8 Å². The van der Waals surface area contributed by atoms with Crippen molar-refractivity contribution in [3.05, 3.63) is 69.2 Å². The minimum absolute atomic E-state index is 0.0837. The highest BCUT2D eigenvalue weighted by atomic mass is 16.5. The van der Waals surface area contributed by atoms with Gasteiger partial charge in [-0.25, -0.2) is 9.48 Å². The summed E-state index contributed by atoms with van der Waals surface area (Å²) in [5, 5.41) is 8.46. The van der Waals surface area contributed by atoms with Gasteiger partial charge in [0.1, 0.15) is 11.6 Å². The van der Waals surface area contributed by atoms with Gasteiger partial charge in [0.15, 0.2) is 0 Å². The highest BCUT2D eigenvalue weighted by molar-refractivity contribution is 5.76. The molecule has 3 aromatic rings. The number of hydrogen-bond acceptors (Lipinski definition) is 5. The molecule has 0 N–H and O–H groups in total. The summed E-state index contributed by atoms with van der Waals surface area (Å²) in [7, 11) is 0. The lowest BCUT2D eigenvalue weighted by Gasteiger charge is -2.20. The second-order valence-electron chi connectivity index (χ2n) is 7.43. The Kier molecular flexibility index (Phi) is 5.33. The van der Waals surface area contributed by atoms with Crippen LogP contribution in [-0.4, -0.2) is 43.4 Å². The molecule has 8 heteroatoms. The Labute approximate surface area is 168 Å². The van der Waals surface area contributed by atoms with Crippen LogP contribution in [0.1, 0.15) is 34.8 Å². The number of carbonyl (C=O) groups is 1. The second-order valence-corrected chi connectivity index (χ2v) is 7.43. The van der Waals surface area contributed by atoms with E-state index in [4.69, 9.17) is 4.52 Å². The average molecular weight is 395 g/mol. The molecule has 0 saturated carbocycles. The third-order valence-corrected chi connectivity index (χ3v) is 5.50. The van der Waals surface area contributed by atoms with Gasteiger partial charge >= 0.3 is 5.69 Å². The molecule has 4 rings (SSSR count). The molecule has 0 fully saturated rings. The molecule has 1 amide bonds. The van der Waals surface area contributed by atoms with E-state index < -0.39 is 0 Å². The molecule has 1 aliphatic rings. The first-order valence-electron chi connectivity index (χ1n) is 9.93. The fraction of sp³-hybridized carbons (Fsp3) is 0.429. The van der Waals surface area contributed by atoms with Gasteiger partial charge in [0.2, 0.25) is 5.91 Å². The fourth-order valence-electron chi connectivity index (χ4n) is 3.82. The van der Waals surface area contributed by atoms with Crippen LogP contribution in [-0.2, 0) is 30.7 Å². The first-order valence-corrected chi connectivity index (χ1v) is 9.93. The van der Waals surface area contributed by atoms with E-state index in [0.717, 1.165) is 28.4 Å². The Morgan fingerprint density at radius 2 is 1.93 bits per heavy atom. The van der Waals surface area contributed by atoms with Crippen molar-refractivity contribution < 1.29 is 9.32 Å². The number of amides is 1. The molecular formula is C21H25N5O3. The molecule has 0 atom stereocenters. The maximum Gasteiger partial charge on any atom is 0.346 e. The molecule has 1 aromatic carbocycles. The maximum atomic E-state index is 12.7. The van der Waals surface area contributed by atoms with Crippen LogP contribution >= 0.6 is 0 Å². The molecule has 1 aliphatic heterocycles. The van der Waals surface area contributed by atoms with Gasteiger partial charge in [0, 0.05) is 38.0 Å². The molecule has 0 unspecified atom stereocenters. The second kappa shape index (κ2) is 8.06. The number of nitrogens with zero attached hydrogens (tertiary/aromatic N) is 5. The minimum Gasteiger partial charge on any atom is -0.361 e. The number of aromatic nitrogens is 4. The molecule has 152 valence electrons. The van der Waals surface area contributed by atoms with Crippen molar-refractivity contribution in [1.29, 1.82) is 0 Å². The summed E-state index contributed by atoms with van der Waals surface area (Å²) in [6.45, 7) is 5.78. The summed E-state index contributed by atoms with van der Waals surface area (Å²) in [6, 6.07) is 9.82. The van der Waals surface area contributed by atoms with E-state index in [2.05, 4.69) is 10.3 Å². The van der Waals surface area contributed by atoms with Gasteiger partial charge in [-0.2, -0.15) is 5.10 Å². The Hall–Kier alpha value is -3.16. The van der Waals surface area contributed by atoms with Crippen molar-refractivity contribution in [3.63, 3.8) is 0 Å². The first kappa shape index (κ1) is 19.2. The summed E-state index contributed by atoms with van der Waals surface area (Å²) < 4.78 is 8.38. The Balaban J connectivity index is 1.40. The summed E-state index contributed by atoms with van der Waals surface area (Å²) in [4.78, 5) is 27.3. The topological polar surface area (TPSA) is 86.2 Å². The standard InChI is InChI=1S/C21H25N5O3/c1-15-18(16(2)29-23-15)8-9-20(27)24-11-10-19-22-26(21(28)25(19)13-12-24)14-17-6-4-3-5-7-17/h3-7H,8-14H2,1-2H3. The van der Waals surface area contributed by atoms with Crippen molar-refractivity contribution in [2.45, 2.75) is 46.2 Å². The van der Waals surface area contributed by atoms with Crippen molar-refractivity contribution in [3.8, 4) is 0 Å². The number of rotatable bonds is 5. The number of benzene rings is 1. The van der Waals surface area contributed by atoms with E-state index in [1.807, 2.05) is 49.1 Å². The minimum atomic E-state index is -0.117. The van der Waals surface area contributed by atoms with Crippen LogP contribution in [0.25, 0.3) is 0 Å². The number of carbonyl (C=O) groups excluding carboxylic acids is 1. The van der Waals surface area contributed by atoms with Crippen molar-refractivity contribution >= 4 is 5.91 Å². The van der Waals surface area contributed by atoms with Crippen LogP contribution in [0.2, 0.25) is 0 Å². The summed E-state index contributed by atoms with van der Waals surface area (Å²) in [5.74, 6) is 1.59. The molecule has 2 aromatic heterocycles. The average Bonchev–Trinajstić information content (AvgIpc) is 3.09. The quantitative estimate of drug-likeness (QED) is 0.657. The van der Waals surface area contributed by atoms with Crippen LogP contribution in [0.4, 0.5) is 0 Å². The lowest BCUT2D eigenvalue weighted by molar-refractivity contribution is -0.131. The van der Waals surface area contributed by atoms with Crippen LogP contribution in [0.3, 0.4) is 0 Å². The predicted octanol–water partition coefficient (Wildman–Crippen LogP) is 1.72. The predicted molar refractivity (Wildman–Crippen MR) is 107 cm³/mol. The van der Waals surface area contributed by atoms with E-state index in [-0.39, 0.29) is 11.6 Å². The highest BCUT2D eigenvalue weighted by Gasteiger charge is 2.23. The zero-order valence-corrected chi connectivity index (χ0v) is 16.8. The third-order valence-electron chi connectivity index (χ3n) is 5.50. The molecule has 0 saturated heterocycles. The molecule has 0 bridgehead atoms. The molecule has 0 aliphatic carbocycles. The zero-order chi connectivity index (χ0) is 20.4.